The van der Waals surface area contributed by atoms with E-state index < -0.39 is 6.29 Å². The Morgan fingerprint density at radius 1 is 1.35 bits per heavy atom. The molecule has 120 valence electrons. The Bertz CT molecular complexity index is 943. The summed E-state index contributed by atoms with van der Waals surface area (Å²) in [5, 5.41) is 0.991. The van der Waals surface area contributed by atoms with Crippen molar-refractivity contribution in [3.05, 3.63) is 34.0 Å². The van der Waals surface area contributed by atoms with Crippen molar-refractivity contribution < 1.29 is 9.47 Å². The van der Waals surface area contributed by atoms with Crippen LogP contribution in [0.5, 0.6) is 0 Å². The van der Waals surface area contributed by atoms with Crippen molar-refractivity contribution >= 4 is 31.8 Å². The molecule has 0 amide bonds. The summed E-state index contributed by atoms with van der Waals surface area (Å²) >= 11 is 1.42. The third-order valence-electron chi connectivity index (χ3n) is 4.34. The van der Waals surface area contributed by atoms with Gasteiger partial charge >= 0.3 is 0 Å². The maximum atomic E-state index is 12.7. The van der Waals surface area contributed by atoms with E-state index in [1.807, 2.05) is 0 Å². The zero-order valence-corrected chi connectivity index (χ0v) is 13.9. The van der Waals surface area contributed by atoms with Crippen molar-refractivity contribution in [2.45, 2.75) is 32.1 Å². The lowest BCUT2D eigenvalue weighted by Gasteiger charge is -2.14. The van der Waals surface area contributed by atoms with Gasteiger partial charge in [0.1, 0.15) is 9.53 Å². The second kappa shape index (κ2) is 5.67. The maximum Gasteiger partial charge on any atom is 0.271 e. The first-order valence-electron chi connectivity index (χ1n) is 7.57. The minimum Gasteiger partial charge on any atom is -0.354 e. The molecule has 0 fully saturated rings. The molecule has 0 saturated carbocycles. The molecule has 0 spiro atoms. The van der Waals surface area contributed by atoms with Crippen molar-refractivity contribution in [1.82, 2.24) is 14.5 Å². The molecule has 0 unspecified atom stereocenters. The monoisotopic (exact) mass is 331 g/mol. The van der Waals surface area contributed by atoms with E-state index >= 15 is 0 Å². The van der Waals surface area contributed by atoms with Crippen LogP contribution in [0.3, 0.4) is 0 Å². The first-order valence-corrected chi connectivity index (χ1v) is 8.39. The molecule has 3 aromatic heterocycles. The van der Waals surface area contributed by atoms with Gasteiger partial charge in [-0.15, -0.1) is 11.3 Å². The molecule has 0 aromatic carbocycles. The number of nitrogens with zero attached hydrogens (tertiary/aromatic N) is 3. The third-order valence-corrected chi connectivity index (χ3v) is 5.41. The Morgan fingerprint density at radius 3 is 2.96 bits per heavy atom. The molecule has 0 aliphatic heterocycles. The van der Waals surface area contributed by atoms with Gasteiger partial charge in [0, 0.05) is 25.3 Å². The fourth-order valence-corrected chi connectivity index (χ4v) is 4.17. The van der Waals surface area contributed by atoms with Gasteiger partial charge in [-0.2, -0.15) is 0 Å². The lowest BCUT2D eigenvalue weighted by Crippen LogP contribution is -2.28. The topological polar surface area (TPSA) is 66.2 Å². The smallest absolute Gasteiger partial charge is 0.271 e. The molecule has 3 heterocycles. The molecule has 1 aliphatic rings. The number of aromatic nitrogens is 3. The minimum atomic E-state index is -0.469. The van der Waals surface area contributed by atoms with Gasteiger partial charge < -0.3 is 9.47 Å². The van der Waals surface area contributed by atoms with E-state index in [1.165, 1.54) is 27.2 Å². The molecule has 0 radical (unpaired) electrons. The summed E-state index contributed by atoms with van der Waals surface area (Å²) in [6.45, 7) is 0.312. The van der Waals surface area contributed by atoms with E-state index in [9.17, 15) is 4.79 Å². The van der Waals surface area contributed by atoms with Crippen LogP contribution in [-0.4, -0.2) is 35.0 Å². The highest BCUT2D eigenvalue weighted by atomic mass is 32.1. The van der Waals surface area contributed by atoms with Crippen LogP contribution < -0.4 is 5.56 Å². The molecule has 0 N–H and O–H groups in total. The number of rotatable bonds is 4. The van der Waals surface area contributed by atoms with Crippen molar-refractivity contribution in [1.29, 1.82) is 0 Å². The Kier molecular flexibility index (Phi) is 3.63. The fraction of sp³-hybridized carbons (Fsp3) is 0.438. The number of ether oxygens (including phenoxy) is 2. The highest BCUT2D eigenvalue weighted by Crippen LogP contribution is 2.33. The quantitative estimate of drug-likeness (QED) is 0.685. The van der Waals surface area contributed by atoms with Crippen LogP contribution in [0.1, 0.15) is 17.7 Å². The molecule has 0 saturated heterocycles. The summed E-state index contributed by atoms with van der Waals surface area (Å²) < 4.78 is 12.5. The molecule has 23 heavy (non-hydrogen) atoms. The van der Waals surface area contributed by atoms with Crippen molar-refractivity contribution in [3.63, 3.8) is 0 Å². The minimum absolute atomic E-state index is 0.0720. The first kappa shape index (κ1) is 14.7. The third kappa shape index (κ3) is 2.36. The molecular weight excluding hydrogens is 314 g/mol. The summed E-state index contributed by atoms with van der Waals surface area (Å²) in [6.07, 6.45) is 4.35. The lowest BCUT2D eigenvalue weighted by molar-refractivity contribution is -0.111. The Hall–Kier alpha value is -1.83. The van der Waals surface area contributed by atoms with Gasteiger partial charge in [0.2, 0.25) is 0 Å². The van der Waals surface area contributed by atoms with E-state index in [0.717, 1.165) is 35.0 Å². The van der Waals surface area contributed by atoms with Gasteiger partial charge in [0.15, 0.2) is 6.29 Å². The van der Waals surface area contributed by atoms with E-state index in [4.69, 9.17) is 14.5 Å². The predicted molar refractivity (Wildman–Crippen MR) is 89.0 cm³/mol. The SMILES string of the molecule is COC(Cn1cnc2c(sc3nc4c(cc32)CCC4)c1=O)OC. The summed E-state index contributed by atoms with van der Waals surface area (Å²) in [6, 6.07) is 2.16. The van der Waals surface area contributed by atoms with Crippen molar-refractivity contribution in [2.75, 3.05) is 14.2 Å². The number of pyridine rings is 1. The first-order chi connectivity index (χ1) is 11.2. The summed E-state index contributed by atoms with van der Waals surface area (Å²) in [5.74, 6) is 0. The molecule has 3 aromatic rings. The van der Waals surface area contributed by atoms with E-state index in [1.54, 1.807) is 20.5 Å². The standard InChI is InChI=1S/C16H17N3O3S/c1-21-12(22-2)7-19-8-17-13-10-6-9-4-3-5-11(9)18-15(10)23-14(13)16(19)20/h6,8,12H,3-5,7H2,1-2H3. The number of hydrogen-bond donors (Lipinski definition) is 0. The molecule has 7 heteroatoms. The zero-order valence-electron chi connectivity index (χ0n) is 13.0. The number of thiophene rings is 1. The summed E-state index contributed by atoms with van der Waals surface area (Å²) in [5.41, 5.74) is 3.14. The average molecular weight is 331 g/mol. The van der Waals surface area contributed by atoms with Crippen LogP contribution in [0.25, 0.3) is 20.4 Å². The second-order valence-corrected chi connectivity index (χ2v) is 6.68. The van der Waals surface area contributed by atoms with E-state index in [2.05, 4.69) is 11.1 Å². The van der Waals surface area contributed by atoms with E-state index in [0.29, 0.717) is 11.2 Å². The largest absolute Gasteiger partial charge is 0.354 e. The Morgan fingerprint density at radius 2 is 2.17 bits per heavy atom. The predicted octanol–water partition coefficient (Wildman–Crippen LogP) is 2.11. The maximum absolute atomic E-state index is 12.7. The van der Waals surface area contributed by atoms with Gasteiger partial charge in [0.25, 0.3) is 5.56 Å². The van der Waals surface area contributed by atoms with Gasteiger partial charge in [-0.1, -0.05) is 0 Å². The van der Waals surface area contributed by atoms with Gasteiger partial charge in [0.05, 0.1) is 18.4 Å². The van der Waals surface area contributed by atoms with Crippen LogP contribution in [0.2, 0.25) is 0 Å². The summed E-state index contributed by atoms with van der Waals surface area (Å²) in [7, 11) is 3.10. The molecule has 0 atom stereocenters. The number of fused-ring (bicyclic) bond motifs is 4. The lowest BCUT2D eigenvalue weighted by atomic mass is 10.2. The molecular formula is C16H17N3O3S. The van der Waals surface area contributed by atoms with E-state index in [-0.39, 0.29) is 5.56 Å². The highest BCUT2D eigenvalue weighted by molar-refractivity contribution is 7.25. The van der Waals surface area contributed by atoms with Crippen molar-refractivity contribution in [3.8, 4) is 0 Å². The average Bonchev–Trinajstić information content (AvgIpc) is 3.16. The van der Waals surface area contributed by atoms with Crippen molar-refractivity contribution in [2.24, 2.45) is 0 Å². The van der Waals surface area contributed by atoms with Crippen LogP contribution in [0, 0.1) is 0 Å². The van der Waals surface area contributed by atoms with Crippen LogP contribution in [-0.2, 0) is 28.9 Å². The Labute approximate surface area is 136 Å². The van der Waals surface area contributed by atoms with Gasteiger partial charge in [-0.05, 0) is 30.9 Å². The van der Waals surface area contributed by atoms with Gasteiger partial charge in [-0.25, -0.2) is 9.97 Å². The summed E-state index contributed by atoms with van der Waals surface area (Å²) in [4.78, 5) is 22.9. The van der Waals surface area contributed by atoms with Gasteiger partial charge in [-0.3, -0.25) is 9.36 Å². The fourth-order valence-electron chi connectivity index (χ4n) is 3.09. The molecule has 6 nitrogen and oxygen atoms in total. The van der Waals surface area contributed by atoms with Crippen LogP contribution >= 0.6 is 11.3 Å². The molecule has 0 bridgehead atoms. The number of aryl methyl sites for hydroxylation is 2. The second-order valence-electron chi connectivity index (χ2n) is 5.68. The number of methoxy groups -OCH3 is 2. The zero-order chi connectivity index (χ0) is 16.0. The molecule has 1 aliphatic carbocycles. The normalized spacial score (nSPS) is 14.2. The number of hydrogen-bond acceptors (Lipinski definition) is 6. The van der Waals surface area contributed by atoms with Crippen LogP contribution in [0.4, 0.5) is 0 Å². The highest BCUT2D eigenvalue weighted by Gasteiger charge is 2.19. The van der Waals surface area contributed by atoms with Crippen LogP contribution in [0.15, 0.2) is 17.2 Å². The molecule has 4 rings (SSSR count). The Balaban J connectivity index is 1.87.